The van der Waals surface area contributed by atoms with E-state index >= 15 is 0 Å². The summed E-state index contributed by atoms with van der Waals surface area (Å²) in [5.41, 5.74) is 4.72. The van der Waals surface area contributed by atoms with Crippen molar-refractivity contribution in [3.05, 3.63) is 64.5 Å². The zero-order valence-electron chi connectivity index (χ0n) is 20.2. The SMILES string of the molecule is CCCCCC(CNC(=O)Nc1c(C(C)C)cccc1C(C)C)c1csc2ccccc12. The molecule has 32 heavy (non-hydrogen) atoms. The monoisotopic (exact) mass is 450 g/mol. The molecule has 0 radical (unpaired) electrons. The average molecular weight is 451 g/mol. The standard InChI is InChI=1S/C28H38N2OS/c1-6-7-8-12-21(25-18-32-26-16-10-9-13-24(25)26)17-29-28(31)30-27-22(19(2)3)14-11-15-23(27)20(4)5/h9-11,13-16,18-21H,6-8,12,17H2,1-5H3,(H2,29,30,31). The van der Waals surface area contributed by atoms with Gasteiger partial charge in [0, 0.05) is 22.8 Å². The smallest absolute Gasteiger partial charge is 0.319 e. The molecule has 0 bridgehead atoms. The number of carbonyl (C=O) groups excluding carboxylic acids is 1. The summed E-state index contributed by atoms with van der Waals surface area (Å²) < 4.78 is 1.32. The van der Waals surface area contributed by atoms with Crippen molar-refractivity contribution >= 4 is 33.1 Å². The number of hydrogen-bond acceptors (Lipinski definition) is 2. The Morgan fingerprint density at radius 3 is 2.25 bits per heavy atom. The molecule has 3 aromatic rings. The van der Waals surface area contributed by atoms with E-state index in [0.29, 0.717) is 24.3 Å². The number of rotatable bonds is 10. The van der Waals surface area contributed by atoms with Crippen LogP contribution < -0.4 is 10.6 Å². The van der Waals surface area contributed by atoms with Crippen LogP contribution in [0.3, 0.4) is 0 Å². The van der Waals surface area contributed by atoms with E-state index in [2.05, 4.69) is 93.1 Å². The lowest BCUT2D eigenvalue weighted by atomic mass is 9.92. The van der Waals surface area contributed by atoms with Crippen LogP contribution >= 0.6 is 11.3 Å². The van der Waals surface area contributed by atoms with Gasteiger partial charge in [0.1, 0.15) is 0 Å². The maximum Gasteiger partial charge on any atom is 0.319 e. The molecule has 172 valence electrons. The molecular formula is C28H38N2OS. The summed E-state index contributed by atoms with van der Waals surface area (Å²) in [6, 6.07) is 14.8. The third-order valence-electron chi connectivity index (χ3n) is 6.23. The number of thiophene rings is 1. The first-order chi connectivity index (χ1) is 15.4. The van der Waals surface area contributed by atoms with Gasteiger partial charge in [-0.15, -0.1) is 11.3 Å². The minimum Gasteiger partial charge on any atom is -0.337 e. The van der Waals surface area contributed by atoms with Crippen molar-refractivity contribution in [1.29, 1.82) is 0 Å². The minimum atomic E-state index is -0.111. The highest BCUT2D eigenvalue weighted by Crippen LogP contribution is 2.34. The number of hydrogen-bond donors (Lipinski definition) is 2. The van der Waals surface area contributed by atoms with Crippen LogP contribution in [0.1, 0.15) is 94.7 Å². The summed E-state index contributed by atoms with van der Waals surface area (Å²) in [6.07, 6.45) is 4.70. The van der Waals surface area contributed by atoms with Crippen LogP contribution in [-0.2, 0) is 0 Å². The summed E-state index contributed by atoms with van der Waals surface area (Å²) >= 11 is 1.80. The number of nitrogens with one attached hydrogen (secondary N) is 2. The van der Waals surface area contributed by atoms with Gasteiger partial charge in [0.25, 0.3) is 0 Å². The molecule has 0 saturated carbocycles. The van der Waals surface area contributed by atoms with Gasteiger partial charge in [-0.3, -0.25) is 0 Å². The number of unbranched alkanes of at least 4 members (excludes halogenated alkanes) is 2. The van der Waals surface area contributed by atoms with Crippen molar-refractivity contribution < 1.29 is 4.79 Å². The summed E-state index contributed by atoms with van der Waals surface area (Å²) in [4.78, 5) is 13.0. The van der Waals surface area contributed by atoms with Crippen LogP contribution in [0.15, 0.2) is 47.8 Å². The van der Waals surface area contributed by atoms with Crippen LogP contribution in [0.2, 0.25) is 0 Å². The number of anilines is 1. The minimum absolute atomic E-state index is 0.111. The van der Waals surface area contributed by atoms with E-state index in [1.54, 1.807) is 11.3 Å². The zero-order valence-corrected chi connectivity index (χ0v) is 21.0. The van der Waals surface area contributed by atoms with Crippen LogP contribution in [0, 0.1) is 0 Å². The predicted octanol–water partition coefficient (Wildman–Crippen LogP) is 8.63. The molecule has 2 aromatic carbocycles. The third kappa shape index (κ3) is 5.92. The van der Waals surface area contributed by atoms with Gasteiger partial charge in [-0.2, -0.15) is 0 Å². The molecule has 1 unspecified atom stereocenters. The van der Waals surface area contributed by atoms with Crippen molar-refractivity contribution in [2.24, 2.45) is 0 Å². The second-order valence-corrected chi connectivity index (χ2v) is 10.2. The largest absolute Gasteiger partial charge is 0.337 e. The highest BCUT2D eigenvalue weighted by Gasteiger charge is 2.19. The molecule has 3 rings (SSSR count). The molecule has 2 amide bonds. The first kappa shape index (κ1) is 24.3. The van der Waals surface area contributed by atoms with E-state index < -0.39 is 0 Å². The summed E-state index contributed by atoms with van der Waals surface area (Å²) in [6.45, 7) is 11.6. The van der Waals surface area contributed by atoms with Crippen molar-refractivity contribution in [2.75, 3.05) is 11.9 Å². The van der Waals surface area contributed by atoms with Gasteiger partial charge in [0.05, 0.1) is 0 Å². The molecule has 0 aliphatic rings. The Morgan fingerprint density at radius 1 is 0.906 bits per heavy atom. The first-order valence-corrected chi connectivity index (χ1v) is 12.9. The molecule has 1 atom stereocenters. The van der Waals surface area contributed by atoms with Gasteiger partial charge in [-0.1, -0.05) is 90.3 Å². The molecule has 0 aliphatic heterocycles. The number of benzene rings is 2. The zero-order chi connectivity index (χ0) is 23.1. The number of fused-ring (bicyclic) bond motifs is 1. The summed E-state index contributed by atoms with van der Waals surface area (Å²) in [5.74, 6) is 1.03. The van der Waals surface area contributed by atoms with Crippen LogP contribution in [-0.4, -0.2) is 12.6 Å². The molecule has 0 aliphatic carbocycles. The maximum atomic E-state index is 13.0. The lowest BCUT2D eigenvalue weighted by Crippen LogP contribution is -2.33. The lowest BCUT2D eigenvalue weighted by molar-refractivity contribution is 0.251. The average Bonchev–Trinajstić information content (AvgIpc) is 3.20. The van der Waals surface area contributed by atoms with Crippen molar-refractivity contribution in [3.8, 4) is 0 Å². The van der Waals surface area contributed by atoms with Gasteiger partial charge < -0.3 is 10.6 Å². The van der Waals surface area contributed by atoms with Crippen molar-refractivity contribution in [3.63, 3.8) is 0 Å². The normalized spacial score (nSPS) is 12.5. The Morgan fingerprint density at radius 2 is 1.59 bits per heavy atom. The van der Waals surface area contributed by atoms with Gasteiger partial charge in [-0.05, 0) is 51.8 Å². The van der Waals surface area contributed by atoms with E-state index in [1.165, 1.54) is 46.0 Å². The molecule has 0 spiro atoms. The van der Waals surface area contributed by atoms with E-state index in [1.807, 2.05) is 0 Å². The maximum absolute atomic E-state index is 13.0. The Labute approximate surface area is 197 Å². The highest BCUT2D eigenvalue weighted by molar-refractivity contribution is 7.17. The Balaban J connectivity index is 1.76. The van der Waals surface area contributed by atoms with Gasteiger partial charge >= 0.3 is 6.03 Å². The Bertz CT molecular complexity index is 995. The fourth-order valence-electron chi connectivity index (χ4n) is 4.39. The van der Waals surface area contributed by atoms with Crippen molar-refractivity contribution in [2.45, 2.75) is 78.1 Å². The quantitative estimate of drug-likeness (QED) is 0.298. The second kappa shape index (κ2) is 11.5. The summed E-state index contributed by atoms with van der Waals surface area (Å²) in [5, 5.41) is 10.0. The summed E-state index contributed by atoms with van der Waals surface area (Å²) in [7, 11) is 0. The highest BCUT2D eigenvalue weighted by atomic mass is 32.1. The fourth-order valence-corrected chi connectivity index (χ4v) is 5.44. The number of carbonyl (C=O) groups is 1. The van der Waals surface area contributed by atoms with E-state index in [4.69, 9.17) is 0 Å². The van der Waals surface area contributed by atoms with E-state index in [-0.39, 0.29) is 6.03 Å². The third-order valence-corrected chi connectivity index (χ3v) is 7.21. The molecule has 1 aromatic heterocycles. The molecule has 4 heteroatoms. The van der Waals surface area contributed by atoms with Crippen LogP contribution in [0.25, 0.3) is 10.1 Å². The number of para-hydroxylation sites is 1. The molecule has 0 fully saturated rings. The molecule has 2 N–H and O–H groups in total. The van der Waals surface area contributed by atoms with Crippen molar-refractivity contribution in [1.82, 2.24) is 5.32 Å². The molecule has 1 heterocycles. The first-order valence-electron chi connectivity index (χ1n) is 12.1. The Kier molecular flexibility index (Phi) is 8.75. The van der Waals surface area contributed by atoms with Crippen LogP contribution in [0.5, 0.6) is 0 Å². The van der Waals surface area contributed by atoms with Crippen LogP contribution in [0.4, 0.5) is 10.5 Å². The molecular weight excluding hydrogens is 412 g/mol. The molecule has 3 nitrogen and oxygen atoms in total. The number of urea groups is 1. The number of amides is 2. The Hall–Kier alpha value is -2.33. The van der Waals surface area contributed by atoms with Gasteiger partial charge in [-0.25, -0.2) is 4.79 Å². The molecule has 0 saturated heterocycles. The topological polar surface area (TPSA) is 41.1 Å². The van der Waals surface area contributed by atoms with E-state index in [0.717, 1.165) is 12.1 Å². The van der Waals surface area contributed by atoms with Gasteiger partial charge in [0.15, 0.2) is 0 Å². The fraction of sp³-hybridized carbons (Fsp3) is 0.464. The second-order valence-electron chi connectivity index (χ2n) is 9.34. The van der Waals surface area contributed by atoms with E-state index in [9.17, 15) is 4.79 Å². The predicted molar refractivity (Wildman–Crippen MR) is 140 cm³/mol. The van der Waals surface area contributed by atoms with Gasteiger partial charge in [0.2, 0.25) is 0 Å². The lowest BCUT2D eigenvalue weighted by Gasteiger charge is -2.22.